The minimum atomic E-state index is 0. The Kier molecular flexibility index (Phi) is 5.60. The van der Waals surface area contributed by atoms with Crippen LogP contribution >= 0.6 is 12.4 Å². The summed E-state index contributed by atoms with van der Waals surface area (Å²) in [6, 6.07) is 0. The van der Waals surface area contributed by atoms with Gasteiger partial charge >= 0.3 is 0 Å². The molecule has 0 bridgehead atoms. The van der Waals surface area contributed by atoms with Gasteiger partial charge in [-0.25, -0.2) is 4.98 Å². The standard InChI is InChI=1S/C13H23N5.ClH/c1-3-11(7-14-5-1)8-18-6-2-4-12(9-18)13-15-10-16-17-13;/h10-12,14H,1-9H2,(H,15,16,17);1H. The third-order valence-corrected chi connectivity index (χ3v) is 4.24. The first kappa shape index (κ1) is 14.8. The molecule has 5 nitrogen and oxygen atoms in total. The van der Waals surface area contributed by atoms with Crippen LogP contribution in [-0.2, 0) is 0 Å². The molecule has 2 atom stereocenters. The Morgan fingerprint density at radius 2 is 2.26 bits per heavy atom. The summed E-state index contributed by atoms with van der Waals surface area (Å²) < 4.78 is 0. The summed E-state index contributed by atoms with van der Waals surface area (Å²) in [6.07, 6.45) is 6.87. The highest BCUT2D eigenvalue weighted by Gasteiger charge is 2.25. The van der Waals surface area contributed by atoms with Crippen molar-refractivity contribution in [1.82, 2.24) is 25.4 Å². The van der Waals surface area contributed by atoms with Crippen LogP contribution in [0.3, 0.4) is 0 Å². The van der Waals surface area contributed by atoms with Crippen molar-refractivity contribution >= 4 is 12.4 Å². The Morgan fingerprint density at radius 1 is 1.32 bits per heavy atom. The Balaban J connectivity index is 0.00000133. The Morgan fingerprint density at radius 3 is 3.00 bits per heavy atom. The van der Waals surface area contributed by atoms with Crippen molar-refractivity contribution in [3.8, 4) is 0 Å². The second-order valence-corrected chi connectivity index (χ2v) is 5.68. The summed E-state index contributed by atoms with van der Waals surface area (Å²) in [5.41, 5.74) is 0. The maximum Gasteiger partial charge on any atom is 0.137 e. The van der Waals surface area contributed by atoms with E-state index < -0.39 is 0 Å². The van der Waals surface area contributed by atoms with Gasteiger partial charge in [0.2, 0.25) is 0 Å². The molecule has 2 N–H and O–H groups in total. The van der Waals surface area contributed by atoms with Gasteiger partial charge in [-0.2, -0.15) is 5.10 Å². The van der Waals surface area contributed by atoms with Crippen LogP contribution in [0, 0.1) is 5.92 Å². The SMILES string of the molecule is Cl.c1n[nH]c(C2CCCN(CC3CCCNC3)C2)n1. The average Bonchev–Trinajstić information content (AvgIpc) is 2.94. The van der Waals surface area contributed by atoms with Crippen LogP contribution in [0.1, 0.15) is 37.4 Å². The highest BCUT2D eigenvalue weighted by atomic mass is 35.5. The first-order valence-corrected chi connectivity index (χ1v) is 7.20. The molecule has 2 fully saturated rings. The normalized spacial score (nSPS) is 28.8. The van der Waals surface area contributed by atoms with E-state index in [9.17, 15) is 0 Å². The molecule has 1 aromatic heterocycles. The van der Waals surface area contributed by atoms with E-state index in [-0.39, 0.29) is 12.4 Å². The van der Waals surface area contributed by atoms with Crippen molar-refractivity contribution in [2.45, 2.75) is 31.6 Å². The van der Waals surface area contributed by atoms with Crippen LogP contribution < -0.4 is 5.32 Å². The minimum absolute atomic E-state index is 0. The van der Waals surface area contributed by atoms with Gasteiger partial charge in [-0.05, 0) is 51.2 Å². The molecular formula is C13H24ClN5. The molecule has 2 aliphatic heterocycles. The van der Waals surface area contributed by atoms with E-state index in [4.69, 9.17) is 0 Å². The van der Waals surface area contributed by atoms with Gasteiger partial charge < -0.3 is 10.2 Å². The zero-order valence-electron chi connectivity index (χ0n) is 11.3. The molecule has 2 saturated heterocycles. The van der Waals surface area contributed by atoms with E-state index in [1.54, 1.807) is 6.33 Å². The van der Waals surface area contributed by atoms with Gasteiger partial charge in [0.1, 0.15) is 12.2 Å². The predicted molar refractivity (Wildman–Crippen MR) is 77.6 cm³/mol. The molecule has 0 aromatic carbocycles. The molecule has 1 aromatic rings. The van der Waals surface area contributed by atoms with Crippen molar-refractivity contribution in [2.24, 2.45) is 5.92 Å². The molecule has 19 heavy (non-hydrogen) atoms. The summed E-state index contributed by atoms with van der Waals surface area (Å²) in [5, 5.41) is 10.5. The lowest BCUT2D eigenvalue weighted by atomic mass is 9.94. The fraction of sp³-hybridized carbons (Fsp3) is 0.846. The molecule has 108 valence electrons. The van der Waals surface area contributed by atoms with E-state index in [1.165, 1.54) is 51.9 Å². The zero-order chi connectivity index (χ0) is 12.2. The summed E-state index contributed by atoms with van der Waals surface area (Å²) in [4.78, 5) is 6.93. The fourth-order valence-corrected chi connectivity index (χ4v) is 3.30. The van der Waals surface area contributed by atoms with Crippen molar-refractivity contribution in [2.75, 3.05) is 32.7 Å². The van der Waals surface area contributed by atoms with Crippen LogP contribution in [0.4, 0.5) is 0 Å². The van der Waals surface area contributed by atoms with Gasteiger partial charge in [0, 0.05) is 19.0 Å². The molecule has 0 radical (unpaired) electrons. The van der Waals surface area contributed by atoms with Crippen LogP contribution in [0.2, 0.25) is 0 Å². The van der Waals surface area contributed by atoms with E-state index in [0.717, 1.165) is 18.3 Å². The number of hydrogen-bond acceptors (Lipinski definition) is 4. The van der Waals surface area contributed by atoms with Gasteiger partial charge in [0.15, 0.2) is 0 Å². The van der Waals surface area contributed by atoms with Crippen LogP contribution in [0.15, 0.2) is 6.33 Å². The molecule has 6 heteroatoms. The summed E-state index contributed by atoms with van der Waals surface area (Å²) in [7, 11) is 0. The first-order valence-electron chi connectivity index (χ1n) is 7.20. The van der Waals surface area contributed by atoms with Crippen molar-refractivity contribution in [3.05, 3.63) is 12.2 Å². The molecule has 2 aliphatic rings. The molecule has 0 saturated carbocycles. The average molecular weight is 286 g/mol. The predicted octanol–water partition coefficient (Wildman–Crippen LogP) is 1.41. The Hall–Kier alpha value is -0.650. The topological polar surface area (TPSA) is 56.8 Å². The molecule has 0 amide bonds. The summed E-state index contributed by atoms with van der Waals surface area (Å²) in [5.74, 6) is 2.46. The highest BCUT2D eigenvalue weighted by molar-refractivity contribution is 5.85. The van der Waals surface area contributed by atoms with E-state index >= 15 is 0 Å². The molecule has 0 aliphatic carbocycles. The summed E-state index contributed by atoms with van der Waals surface area (Å²) in [6.45, 7) is 6.05. The van der Waals surface area contributed by atoms with Gasteiger partial charge in [-0.15, -0.1) is 12.4 Å². The van der Waals surface area contributed by atoms with E-state index in [2.05, 4.69) is 25.4 Å². The fourth-order valence-electron chi connectivity index (χ4n) is 3.30. The second kappa shape index (κ2) is 7.22. The number of likely N-dealkylation sites (tertiary alicyclic amines) is 1. The van der Waals surface area contributed by atoms with Gasteiger partial charge in [-0.3, -0.25) is 5.10 Å². The first-order chi connectivity index (χ1) is 8.92. The zero-order valence-corrected chi connectivity index (χ0v) is 12.2. The molecule has 2 unspecified atom stereocenters. The van der Waals surface area contributed by atoms with Gasteiger partial charge in [0.25, 0.3) is 0 Å². The second-order valence-electron chi connectivity index (χ2n) is 5.68. The molecule has 3 rings (SSSR count). The largest absolute Gasteiger partial charge is 0.316 e. The van der Waals surface area contributed by atoms with Crippen molar-refractivity contribution in [1.29, 1.82) is 0 Å². The van der Waals surface area contributed by atoms with Gasteiger partial charge in [-0.1, -0.05) is 0 Å². The monoisotopic (exact) mass is 285 g/mol. The third kappa shape index (κ3) is 3.91. The smallest absolute Gasteiger partial charge is 0.137 e. The highest BCUT2D eigenvalue weighted by Crippen LogP contribution is 2.25. The van der Waals surface area contributed by atoms with Crippen molar-refractivity contribution < 1.29 is 0 Å². The van der Waals surface area contributed by atoms with Crippen LogP contribution in [-0.4, -0.2) is 52.8 Å². The van der Waals surface area contributed by atoms with Gasteiger partial charge in [0.05, 0.1) is 0 Å². The lowest BCUT2D eigenvalue weighted by Gasteiger charge is -2.35. The number of aromatic amines is 1. The maximum absolute atomic E-state index is 4.32. The number of aromatic nitrogens is 3. The molecule has 0 spiro atoms. The Bertz CT molecular complexity index is 350. The Labute approximate surface area is 121 Å². The van der Waals surface area contributed by atoms with E-state index in [0.29, 0.717) is 5.92 Å². The number of hydrogen-bond donors (Lipinski definition) is 2. The van der Waals surface area contributed by atoms with E-state index in [1.807, 2.05) is 0 Å². The number of nitrogens with zero attached hydrogens (tertiary/aromatic N) is 3. The molecular weight excluding hydrogens is 262 g/mol. The van der Waals surface area contributed by atoms with Crippen LogP contribution in [0.25, 0.3) is 0 Å². The third-order valence-electron chi connectivity index (χ3n) is 4.24. The van der Waals surface area contributed by atoms with Crippen molar-refractivity contribution in [3.63, 3.8) is 0 Å². The maximum atomic E-state index is 4.32. The quantitative estimate of drug-likeness (QED) is 0.882. The molecule has 3 heterocycles. The summed E-state index contributed by atoms with van der Waals surface area (Å²) >= 11 is 0. The number of rotatable bonds is 3. The minimum Gasteiger partial charge on any atom is -0.316 e. The number of H-pyrrole nitrogens is 1. The lowest BCUT2D eigenvalue weighted by Crippen LogP contribution is -2.42. The lowest BCUT2D eigenvalue weighted by molar-refractivity contribution is 0.163. The van der Waals surface area contributed by atoms with Crippen LogP contribution in [0.5, 0.6) is 0 Å². The number of nitrogens with one attached hydrogen (secondary N) is 2. The number of piperidine rings is 2. The number of halogens is 1.